The summed E-state index contributed by atoms with van der Waals surface area (Å²) in [6.07, 6.45) is 6.17. The Kier molecular flexibility index (Phi) is 5.55. The van der Waals surface area contributed by atoms with Crippen molar-refractivity contribution in [3.8, 4) is 11.5 Å². The largest absolute Gasteiger partial charge is 0.493 e. The molecule has 1 aromatic heterocycles. The van der Waals surface area contributed by atoms with Crippen molar-refractivity contribution in [3.63, 3.8) is 0 Å². The van der Waals surface area contributed by atoms with E-state index in [1.165, 1.54) is 6.20 Å². The van der Waals surface area contributed by atoms with Gasteiger partial charge in [-0.1, -0.05) is 6.07 Å². The lowest BCUT2D eigenvalue weighted by molar-refractivity contribution is 0.100. The van der Waals surface area contributed by atoms with E-state index < -0.39 is 5.91 Å². The SMILES string of the molecule is COc1ccc(CCCc2ncc(C(N)=O)c(NC3CC3)n2)cc1OC. The van der Waals surface area contributed by atoms with Gasteiger partial charge in [0.15, 0.2) is 11.5 Å². The fourth-order valence-electron chi connectivity index (χ4n) is 2.74. The van der Waals surface area contributed by atoms with Gasteiger partial charge >= 0.3 is 0 Å². The van der Waals surface area contributed by atoms with Gasteiger partial charge in [0.25, 0.3) is 5.91 Å². The Hall–Kier alpha value is -2.83. The first-order valence-electron chi connectivity index (χ1n) is 8.74. The lowest BCUT2D eigenvalue weighted by Gasteiger charge is -2.11. The maximum atomic E-state index is 11.5. The Morgan fingerprint density at radius 1 is 1.23 bits per heavy atom. The average molecular weight is 356 g/mol. The molecule has 138 valence electrons. The highest BCUT2D eigenvalue weighted by Crippen LogP contribution is 2.28. The normalized spacial score (nSPS) is 13.3. The van der Waals surface area contributed by atoms with Crippen LogP contribution in [0, 0.1) is 0 Å². The number of benzene rings is 1. The van der Waals surface area contributed by atoms with Crippen molar-refractivity contribution in [1.29, 1.82) is 0 Å². The van der Waals surface area contributed by atoms with Crippen molar-refractivity contribution in [2.75, 3.05) is 19.5 Å². The first-order valence-corrected chi connectivity index (χ1v) is 8.74. The second-order valence-electron chi connectivity index (χ2n) is 6.37. The molecule has 0 radical (unpaired) electrons. The van der Waals surface area contributed by atoms with Crippen LogP contribution in [-0.2, 0) is 12.8 Å². The maximum absolute atomic E-state index is 11.5. The van der Waals surface area contributed by atoms with E-state index in [9.17, 15) is 4.79 Å². The van der Waals surface area contributed by atoms with E-state index in [2.05, 4.69) is 15.3 Å². The molecule has 7 heteroatoms. The zero-order valence-electron chi connectivity index (χ0n) is 15.1. The Morgan fingerprint density at radius 3 is 2.65 bits per heavy atom. The van der Waals surface area contributed by atoms with Crippen molar-refractivity contribution in [2.24, 2.45) is 5.73 Å². The summed E-state index contributed by atoms with van der Waals surface area (Å²) >= 11 is 0. The molecule has 1 aromatic carbocycles. The zero-order chi connectivity index (χ0) is 18.5. The third kappa shape index (κ3) is 4.41. The lowest BCUT2D eigenvalue weighted by Crippen LogP contribution is -2.18. The highest BCUT2D eigenvalue weighted by Gasteiger charge is 2.24. The number of amides is 1. The minimum atomic E-state index is -0.509. The minimum absolute atomic E-state index is 0.348. The maximum Gasteiger partial charge on any atom is 0.254 e. The fraction of sp³-hybridized carbons (Fsp3) is 0.421. The molecule has 7 nitrogen and oxygen atoms in total. The molecular weight excluding hydrogens is 332 g/mol. The average Bonchev–Trinajstić information content (AvgIpc) is 3.45. The number of carbonyl (C=O) groups is 1. The number of primary amides is 1. The highest BCUT2D eigenvalue weighted by molar-refractivity contribution is 5.97. The topological polar surface area (TPSA) is 99.4 Å². The van der Waals surface area contributed by atoms with Gasteiger partial charge in [-0.15, -0.1) is 0 Å². The molecule has 26 heavy (non-hydrogen) atoms. The molecule has 0 aliphatic heterocycles. The van der Waals surface area contributed by atoms with Crippen molar-refractivity contribution in [3.05, 3.63) is 41.3 Å². The second-order valence-corrected chi connectivity index (χ2v) is 6.37. The zero-order valence-corrected chi connectivity index (χ0v) is 15.1. The van der Waals surface area contributed by atoms with E-state index in [4.69, 9.17) is 15.2 Å². The van der Waals surface area contributed by atoms with Gasteiger partial charge in [0.2, 0.25) is 0 Å². The van der Waals surface area contributed by atoms with Gasteiger partial charge in [-0.25, -0.2) is 9.97 Å². The summed E-state index contributed by atoms with van der Waals surface area (Å²) < 4.78 is 10.6. The molecule has 1 fully saturated rings. The van der Waals surface area contributed by atoms with Gasteiger partial charge in [-0.3, -0.25) is 4.79 Å². The van der Waals surface area contributed by atoms with Gasteiger partial charge in [-0.05, 0) is 43.4 Å². The molecule has 0 atom stereocenters. The van der Waals surface area contributed by atoms with Gasteiger partial charge in [0.05, 0.1) is 19.8 Å². The van der Waals surface area contributed by atoms with Crippen LogP contribution in [-0.4, -0.2) is 36.1 Å². The number of rotatable bonds is 9. The summed E-state index contributed by atoms with van der Waals surface area (Å²) in [4.78, 5) is 20.3. The number of nitrogens with one attached hydrogen (secondary N) is 1. The summed E-state index contributed by atoms with van der Waals surface area (Å²) in [5.74, 6) is 2.19. The van der Waals surface area contributed by atoms with Crippen LogP contribution in [0.3, 0.4) is 0 Å². The van der Waals surface area contributed by atoms with E-state index in [1.807, 2.05) is 18.2 Å². The molecule has 1 amide bonds. The second kappa shape index (κ2) is 8.03. The predicted molar refractivity (Wildman–Crippen MR) is 98.8 cm³/mol. The summed E-state index contributed by atoms with van der Waals surface area (Å²) in [6.45, 7) is 0. The fourth-order valence-corrected chi connectivity index (χ4v) is 2.74. The number of anilines is 1. The summed E-state index contributed by atoms with van der Waals surface area (Å²) in [7, 11) is 3.25. The van der Waals surface area contributed by atoms with Crippen LogP contribution in [0.1, 0.15) is 41.0 Å². The number of aryl methyl sites for hydroxylation is 2. The molecule has 0 saturated heterocycles. The van der Waals surface area contributed by atoms with E-state index in [1.54, 1.807) is 14.2 Å². The molecule has 0 unspecified atom stereocenters. The van der Waals surface area contributed by atoms with Gasteiger partial charge < -0.3 is 20.5 Å². The standard InChI is InChI=1S/C19H24N4O3/c1-25-15-9-6-12(10-16(15)26-2)4-3-5-17-21-11-14(18(20)24)19(23-17)22-13-7-8-13/h6,9-11,13H,3-5,7-8H2,1-2H3,(H2,20,24)(H,21,22,23). The number of carbonyl (C=O) groups excluding carboxylic acids is 1. The molecular formula is C19H24N4O3. The summed E-state index contributed by atoms with van der Waals surface area (Å²) in [6, 6.07) is 6.31. The van der Waals surface area contributed by atoms with E-state index in [0.29, 0.717) is 29.7 Å². The summed E-state index contributed by atoms with van der Waals surface area (Å²) in [5, 5.41) is 3.26. The molecule has 1 aliphatic rings. The molecule has 0 bridgehead atoms. The van der Waals surface area contributed by atoms with Crippen molar-refractivity contribution in [2.45, 2.75) is 38.1 Å². The Balaban J connectivity index is 1.63. The summed E-state index contributed by atoms with van der Waals surface area (Å²) in [5.41, 5.74) is 6.91. The molecule has 1 saturated carbocycles. The minimum Gasteiger partial charge on any atom is -0.493 e. The van der Waals surface area contributed by atoms with Crippen molar-refractivity contribution < 1.29 is 14.3 Å². The number of nitrogens with zero attached hydrogens (tertiary/aromatic N) is 2. The van der Waals surface area contributed by atoms with E-state index in [-0.39, 0.29) is 0 Å². The van der Waals surface area contributed by atoms with E-state index >= 15 is 0 Å². The van der Waals surface area contributed by atoms with Gasteiger partial charge in [-0.2, -0.15) is 0 Å². The van der Waals surface area contributed by atoms with Crippen LogP contribution < -0.4 is 20.5 Å². The molecule has 3 rings (SSSR count). The number of ether oxygens (including phenoxy) is 2. The number of nitrogens with two attached hydrogens (primary N) is 1. The lowest BCUT2D eigenvalue weighted by atomic mass is 10.1. The van der Waals surface area contributed by atoms with E-state index in [0.717, 1.165) is 42.7 Å². The number of hydrogen-bond acceptors (Lipinski definition) is 6. The number of aromatic nitrogens is 2. The quantitative estimate of drug-likeness (QED) is 0.715. The van der Waals surface area contributed by atoms with Crippen LogP contribution in [0.25, 0.3) is 0 Å². The van der Waals surface area contributed by atoms with Gasteiger partial charge in [0, 0.05) is 18.7 Å². The molecule has 0 spiro atoms. The molecule has 1 aliphatic carbocycles. The first kappa shape index (κ1) is 18.0. The highest BCUT2D eigenvalue weighted by atomic mass is 16.5. The van der Waals surface area contributed by atoms with Crippen LogP contribution >= 0.6 is 0 Å². The van der Waals surface area contributed by atoms with Gasteiger partial charge in [0.1, 0.15) is 11.6 Å². The molecule has 1 heterocycles. The smallest absolute Gasteiger partial charge is 0.254 e. The van der Waals surface area contributed by atoms with Crippen LogP contribution in [0.15, 0.2) is 24.4 Å². The Labute approximate surface area is 152 Å². The van der Waals surface area contributed by atoms with Crippen LogP contribution in [0.4, 0.5) is 5.82 Å². The van der Waals surface area contributed by atoms with Crippen LogP contribution in [0.2, 0.25) is 0 Å². The monoisotopic (exact) mass is 356 g/mol. The first-order chi connectivity index (χ1) is 12.6. The van der Waals surface area contributed by atoms with Crippen molar-refractivity contribution in [1.82, 2.24) is 9.97 Å². The molecule has 2 aromatic rings. The third-order valence-corrected chi connectivity index (χ3v) is 4.34. The predicted octanol–water partition coefficient (Wildman–Crippen LogP) is 2.34. The number of hydrogen-bond donors (Lipinski definition) is 2. The molecule has 3 N–H and O–H groups in total. The Bertz CT molecular complexity index is 790. The van der Waals surface area contributed by atoms with Crippen LogP contribution in [0.5, 0.6) is 11.5 Å². The number of methoxy groups -OCH3 is 2. The third-order valence-electron chi connectivity index (χ3n) is 4.34. The Morgan fingerprint density at radius 2 is 2.00 bits per heavy atom. The van der Waals surface area contributed by atoms with Crippen molar-refractivity contribution >= 4 is 11.7 Å².